The Morgan fingerprint density at radius 2 is 1.78 bits per heavy atom. The standard InChI is InChI=1S/C22H16ClF5N6O2S/c1-10(32-19(35)4-3-14(29-2)11-5-16(24)33-17(25)6-11)21-31-9-15(37-21)20(36)34-18-7-12(22(26,27)28)13(23)8-30-18/h3-10H,1-2H3,(H,32,35)(H,30,34,36)/b4-3+,29-14+. The Balaban J connectivity index is 1.64. The molecule has 2 amide bonds. The fourth-order valence-electron chi connectivity index (χ4n) is 2.89. The second kappa shape index (κ2) is 11.5. The van der Waals surface area contributed by atoms with E-state index in [1.165, 1.54) is 19.3 Å². The Labute approximate surface area is 215 Å². The summed E-state index contributed by atoms with van der Waals surface area (Å²) in [5.41, 5.74) is -0.942. The molecule has 8 nitrogen and oxygen atoms in total. The average molecular weight is 559 g/mol. The van der Waals surface area contributed by atoms with Crippen LogP contribution >= 0.6 is 22.9 Å². The average Bonchev–Trinajstić information content (AvgIpc) is 3.30. The van der Waals surface area contributed by atoms with Gasteiger partial charge in [-0.1, -0.05) is 11.6 Å². The molecule has 3 rings (SSSR count). The van der Waals surface area contributed by atoms with Crippen molar-refractivity contribution in [2.75, 3.05) is 12.4 Å². The normalized spacial score (nSPS) is 13.0. The highest BCUT2D eigenvalue weighted by Crippen LogP contribution is 2.35. The van der Waals surface area contributed by atoms with E-state index in [0.29, 0.717) is 11.1 Å². The van der Waals surface area contributed by atoms with Gasteiger partial charge in [0.25, 0.3) is 5.91 Å². The zero-order valence-corrected chi connectivity index (χ0v) is 20.5. The van der Waals surface area contributed by atoms with E-state index in [0.717, 1.165) is 35.7 Å². The van der Waals surface area contributed by atoms with E-state index < -0.39 is 46.5 Å². The number of aromatic nitrogens is 3. The number of alkyl halides is 3. The molecule has 3 aromatic rings. The Morgan fingerprint density at radius 3 is 2.41 bits per heavy atom. The molecule has 2 N–H and O–H groups in total. The van der Waals surface area contributed by atoms with Crippen LogP contribution in [-0.2, 0) is 11.0 Å². The number of aliphatic imine (C=N–C) groups is 1. The summed E-state index contributed by atoms with van der Waals surface area (Å²) < 4.78 is 65.7. The molecule has 0 saturated carbocycles. The molecular weight excluding hydrogens is 543 g/mol. The Hall–Kier alpha value is -3.78. The van der Waals surface area contributed by atoms with Gasteiger partial charge >= 0.3 is 6.18 Å². The topological polar surface area (TPSA) is 109 Å². The van der Waals surface area contributed by atoms with Crippen LogP contribution in [0.15, 0.2) is 47.7 Å². The summed E-state index contributed by atoms with van der Waals surface area (Å²) in [4.78, 5) is 39.4. The zero-order valence-electron chi connectivity index (χ0n) is 18.9. The van der Waals surface area contributed by atoms with Crippen molar-refractivity contribution < 1.29 is 31.5 Å². The molecule has 0 fully saturated rings. The van der Waals surface area contributed by atoms with E-state index in [1.54, 1.807) is 6.92 Å². The number of nitrogens with one attached hydrogen (secondary N) is 2. The summed E-state index contributed by atoms with van der Waals surface area (Å²) in [5, 5.41) is 4.57. The predicted octanol–water partition coefficient (Wildman–Crippen LogP) is 4.99. The largest absolute Gasteiger partial charge is 0.418 e. The maximum atomic E-state index is 13.3. The summed E-state index contributed by atoms with van der Waals surface area (Å²) >= 11 is 6.42. The molecule has 0 radical (unpaired) electrons. The second-order valence-corrected chi connectivity index (χ2v) is 8.71. The molecule has 0 aliphatic rings. The van der Waals surface area contributed by atoms with Crippen LogP contribution in [0, 0.1) is 11.9 Å². The van der Waals surface area contributed by atoms with E-state index in [2.05, 4.69) is 30.6 Å². The molecule has 37 heavy (non-hydrogen) atoms. The SMILES string of the molecule is C/N=C(\C=C\C(=O)NC(C)c1ncc(C(=O)Nc2cc(C(F)(F)F)c(Cl)cn2)s1)c1cc(F)nc(F)c1. The van der Waals surface area contributed by atoms with Crippen molar-refractivity contribution in [2.24, 2.45) is 4.99 Å². The van der Waals surface area contributed by atoms with Crippen LogP contribution in [0.3, 0.4) is 0 Å². The number of carbonyl (C=O) groups is 2. The van der Waals surface area contributed by atoms with Crippen molar-refractivity contribution in [3.05, 3.63) is 80.7 Å². The molecule has 0 aromatic carbocycles. The van der Waals surface area contributed by atoms with Crippen molar-refractivity contribution in [3.8, 4) is 0 Å². The van der Waals surface area contributed by atoms with Gasteiger partial charge in [-0.25, -0.2) is 9.97 Å². The van der Waals surface area contributed by atoms with Gasteiger partial charge in [-0.3, -0.25) is 14.6 Å². The molecule has 0 aliphatic heterocycles. The third kappa shape index (κ3) is 7.36. The van der Waals surface area contributed by atoms with E-state index >= 15 is 0 Å². The number of rotatable bonds is 7. The van der Waals surface area contributed by atoms with E-state index in [9.17, 15) is 31.5 Å². The van der Waals surface area contributed by atoms with Crippen molar-refractivity contribution in [1.82, 2.24) is 20.3 Å². The van der Waals surface area contributed by atoms with Gasteiger partial charge in [0.2, 0.25) is 17.8 Å². The van der Waals surface area contributed by atoms with Gasteiger partial charge in [0.1, 0.15) is 15.7 Å². The van der Waals surface area contributed by atoms with E-state index in [-0.39, 0.29) is 22.0 Å². The molecule has 194 valence electrons. The lowest BCUT2D eigenvalue weighted by molar-refractivity contribution is -0.137. The molecule has 0 spiro atoms. The quantitative estimate of drug-likeness (QED) is 0.184. The number of amides is 2. The number of pyridine rings is 2. The second-order valence-electron chi connectivity index (χ2n) is 7.24. The monoisotopic (exact) mass is 558 g/mol. The zero-order chi connectivity index (χ0) is 27.3. The lowest BCUT2D eigenvalue weighted by Gasteiger charge is -2.10. The van der Waals surface area contributed by atoms with Crippen LogP contribution in [0.5, 0.6) is 0 Å². The Morgan fingerprint density at radius 1 is 1.11 bits per heavy atom. The highest BCUT2D eigenvalue weighted by Gasteiger charge is 2.34. The third-order valence-electron chi connectivity index (χ3n) is 4.57. The molecule has 3 heterocycles. The van der Waals surface area contributed by atoms with Crippen molar-refractivity contribution in [3.63, 3.8) is 0 Å². The van der Waals surface area contributed by atoms with Crippen LogP contribution in [0.1, 0.15) is 38.8 Å². The third-order valence-corrected chi connectivity index (χ3v) is 6.05. The van der Waals surface area contributed by atoms with Crippen molar-refractivity contribution in [1.29, 1.82) is 0 Å². The summed E-state index contributed by atoms with van der Waals surface area (Å²) in [6.07, 6.45) is -0.401. The number of hydrogen-bond donors (Lipinski definition) is 2. The summed E-state index contributed by atoms with van der Waals surface area (Å²) in [7, 11) is 1.38. The minimum atomic E-state index is -4.73. The first-order valence-electron chi connectivity index (χ1n) is 10.2. The summed E-state index contributed by atoms with van der Waals surface area (Å²) in [5.74, 6) is -3.79. The molecule has 1 unspecified atom stereocenters. The van der Waals surface area contributed by atoms with E-state index in [1.807, 2.05) is 0 Å². The number of allylic oxidation sites excluding steroid dienone is 1. The first kappa shape index (κ1) is 27.8. The lowest BCUT2D eigenvalue weighted by atomic mass is 10.1. The number of anilines is 1. The van der Waals surface area contributed by atoms with Crippen molar-refractivity contribution in [2.45, 2.75) is 19.1 Å². The van der Waals surface area contributed by atoms with Gasteiger partial charge in [-0.05, 0) is 19.1 Å². The lowest BCUT2D eigenvalue weighted by Crippen LogP contribution is -2.24. The smallest absolute Gasteiger partial charge is 0.344 e. The van der Waals surface area contributed by atoms with E-state index in [4.69, 9.17) is 11.6 Å². The minimum absolute atomic E-state index is 0.0547. The van der Waals surface area contributed by atoms with Gasteiger partial charge in [0, 0.05) is 37.0 Å². The first-order valence-corrected chi connectivity index (χ1v) is 11.4. The minimum Gasteiger partial charge on any atom is -0.344 e. The Bertz CT molecular complexity index is 1370. The van der Waals surface area contributed by atoms with Crippen LogP contribution in [0.4, 0.5) is 27.8 Å². The van der Waals surface area contributed by atoms with Gasteiger partial charge in [0.15, 0.2) is 0 Å². The number of halogens is 6. The number of carbonyl (C=O) groups excluding carboxylic acids is 2. The molecule has 0 saturated heterocycles. The molecular formula is C22H16ClF5N6O2S. The highest BCUT2D eigenvalue weighted by atomic mass is 35.5. The number of thiazole rings is 1. The van der Waals surface area contributed by atoms with Gasteiger partial charge in [-0.2, -0.15) is 26.9 Å². The molecule has 0 bridgehead atoms. The number of nitrogens with zero attached hydrogens (tertiary/aromatic N) is 4. The predicted molar refractivity (Wildman–Crippen MR) is 127 cm³/mol. The molecule has 3 aromatic heterocycles. The summed E-state index contributed by atoms with van der Waals surface area (Å²) in [6, 6.07) is 1.87. The number of hydrogen-bond acceptors (Lipinski definition) is 7. The fourth-order valence-corrected chi connectivity index (χ4v) is 3.91. The van der Waals surface area contributed by atoms with Crippen LogP contribution in [-0.4, -0.2) is 39.5 Å². The van der Waals surface area contributed by atoms with Gasteiger partial charge in [0.05, 0.1) is 28.5 Å². The molecule has 15 heteroatoms. The first-order chi connectivity index (χ1) is 17.4. The van der Waals surface area contributed by atoms with Gasteiger partial charge < -0.3 is 10.6 Å². The fraction of sp³-hybridized carbons (Fsp3) is 0.182. The summed E-state index contributed by atoms with van der Waals surface area (Å²) in [6.45, 7) is 1.59. The van der Waals surface area contributed by atoms with Crippen molar-refractivity contribution >= 4 is 46.3 Å². The van der Waals surface area contributed by atoms with Crippen LogP contribution in [0.25, 0.3) is 0 Å². The molecule has 0 aliphatic carbocycles. The van der Waals surface area contributed by atoms with Crippen LogP contribution < -0.4 is 10.6 Å². The maximum absolute atomic E-state index is 13.3. The highest BCUT2D eigenvalue weighted by molar-refractivity contribution is 7.13. The maximum Gasteiger partial charge on any atom is 0.418 e. The van der Waals surface area contributed by atoms with Crippen LogP contribution in [0.2, 0.25) is 5.02 Å². The van der Waals surface area contributed by atoms with Gasteiger partial charge in [-0.15, -0.1) is 11.3 Å². The Kier molecular flexibility index (Phi) is 8.65. The molecule has 1 atom stereocenters.